The Balaban J connectivity index is 1.64. The molecule has 1 saturated heterocycles. The zero-order chi connectivity index (χ0) is 13.0. The van der Waals surface area contributed by atoms with E-state index < -0.39 is 5.97 Å². The first-order valence-electron chi connectivity index (χ1n) is 6.67. The summed E-state index contributed by atoms with van der Waals surface area (Å²) >= 11 is 0. The van der Waals surface area contributed by atoms with Crippen LogP contribution in [0.4, 0.5) is 0 Å². The maximum Gasteiger partial charge on any atom is 0.306 e. The van der Waals surface area contributed by atoms with Crippen molar-refractivity contribution in [2.24, 2.45) is 5.92 Å². The van der Waals surface area contributed by atoms with Crippen LogP contribution >= 0.6 is 0 Å². The number of rotatable bonds is 6. The van der Waals surface area contributed by atoms with Crippen LogP contribution < -0.4 is 0 Å². The number of likely N-dealkylation sites (tertiary alicyclic amines) is 1. The fourth-order valence-electron chi connectivity index (χ4n) is 2.43. The molecular formula is C15H21NO2. The van der Waals surface area contributed by atoms with Gasteiger partial charge in [0.25, 0.3) is 0 Å². The minimum Gasteiger partial charge on any atom is -0.481 e. The molecule has 1 fully saturated rings. The molecule has 18 heavy (non-hydrogen) atoms. The first kappa shape index (κ1) is 13.1. The Morgan fingerprint density at radius 3 is 2.67 bits per heavy atom. The van der Waals surface area contributed by atoms with Gasteiger partial charge in [-0.25, -0.2) is 0 Å². The maximum absolute atomic E-state index is 10.7. The van der Waals surface area contributed by atoms with Crippen LogP contribution in [0.15, 0.2) is 30.3 Å². The zero-order valence-corrected chi connectivity index (χ0v) is 10.9. The van der Waals surface area contributed by atoms with E-state index in [2.05, 4.69) is 29.2 Å². The van der Waals surface area contributed by atoms with Gasteiger partial charge in [-0.05, 0) is 24.9 Å². The van der Waals surface area contributed by atoms with Crippen LogP contribution in [0, 0.1) is 5.92 Å². The zero-order valence-electron chi connectivity index (χ0n) is 10.9. The lowest BCUT2D eigenvalue weighted by Gasteiger charge is -2.39. The second-order valence-electron chi connectivity index (χ2n) is 5.25. The summed E-state index contributed by atoms with van der Waals surface area (Å²) in [4.78, 5) is 13.1. The van der Waals surface area contributed by atoms with E-state index in [1.807, 2.05) is 6.07 Å². The van der Waals surface area contributed by atoms with Gasteiger partial charge >= 0.3 is 5.97 Å². The monoisotopic (exact) mass is 247 g/mol. The molecule has 0 amide bonds. The Morgan fingerprint density at radius 2 is 2.06 bits per heavy atom. The highest BCUT2D eigenvalue weighted by Crippen LogP contribution is 2.26. The Labute approximate surface area is 108 Å². The molecule has 1 atom stereocenters. The molecule has 1 heterocycles. The van der Waals surface area contributed by atoms with Crippen molar-refractivity contribution in [3.8, 4) is 0 Å². The first-order chi connectivity index (χ1) is 8.66. The normalized spacial score (nSPS) is 18.3. The lowest BCUT2D eigenvalue weighted by atomic mass is 9.91. The quantitative estimate of drug-likeness (QED) is 0.840. The van der Waals surface area contributed by atoms with Gasteiger partial charge in [-0.15, -0.1) is 0 Å². The average Bonchev–Trinajstić information content (AvgIpc) is 2.32. The highest BCUT2D eigenvalue weighted by atomic mass is 16.4. The molecular weight excluding hydrogens is 226 g/mol. The summed E-state index contributed by atoms with van der Waals surface area (Å²) in [6, 6.07) is 10.6. The molecule has 1 aromatic rings. The van der Waals surface area contributed by atoms with Gasteiger partial charge in [0, 0.05) is 19.0 Å². The van der Waals surface area contributed by atoms with E-state index in [1.165, 1.54) is 5.56 Å². The summed E-state index contributed by atoms with van der Waals surface area (Å²) in [5.41, 5.74) is 1.42. The molecule has 2 rings (SSSR count). The van der Waals surface area contributed by atoms with E-state index in [1.54, 1.807) is 6.92 Å². The molecule has 1 unspecified atom stereocenters. The molecule has 3 nitrogen and oxygen atoms in total. The number of hydrogen-bond acceptors (Lipinski definition) is 2. The fourth-order valence-corrected chi connectivity index (χ4v) is 2.43. The second kappa shape index (κ2) is 6.01. The van der Waals surface area contributed by atoms with Crippen LogP contribution in [0.3, 0.4) is 0 Å². The van der Waals surface area contributed by atoms with Gasteiger partial charge in [0.2, 0.25) is 0 Å². The smallest absolute Gasteiger partial charge is 0.306 e. The summed E-state index contributed by atoms with van der Waals surface area (Å²) in [5.74, 6) is -0.222. The molecule has 1 aliphatic heterocycles. The Kier molecular flexibility index (Phi) is 4.37. The molecule has 0 spiro atoms. The summed E-state index contributed by atoms with van der Waals surface area (Å²) < 4.78 is 0. The predicted molar refractivity (Wildman–Crippen MR) is 71.7 cm³/mol. The van der Waals surface area contributed by atoms with E-state index in [-0.39, 0.29) is 5.92 Å². The fraction of sp³-hybridized carbons (Fsp3) is 0.533. The Bertz CT molecular complexity index is 385. The highest BCUT2D eigenvalue weighted by molar-refractivity contribution is 5.69. The highest BCUT2D eigenvalue weighted by Gasteiger charge is 2.27. The molecule has 1 N–H and O–H groups in total. The van der Waals surface area contributed by atoms with Crippen LogP contribution in [0.5, 0.6) is 0 Å². The molecule has 0 aliphatic carbocycles. The van der Waals surface area contributed by atoms with Crippen molar-refractivity contribution >= 4 is 5.97 Å². The van der Waals surface area contributed by atoms with Crippen LogP contribution in [-0.2, 0) is 4.79 Å². The van der Waals surface area contributed by atoms with Gasteiger partial charge in [0.1, 0.15) is 0 Å². The molecule has 1 aliphatic rings. The number of carboxylic acids is 1. The number of aliphatic carboxylic acids is 1. The average molecular weight is 247 g/mol. The second-order valence-corrected chi connectivity index (χ2v) is 5.25. The van der Waals surface area contributed by atoms with Crippen LogP contribution in [0.2, 0.25) is 0 Å². The lowest BCUT2D eigenvalue weighted by Crippen LogP contribution is -2.45. The molecule has 0 bridgehead atoms. The lowest BCUT2D eigenvalue weighted by molar-refractivity contribution is -0.141. The molecule has 0 aromatic heterocycles. The largest absolute Gasteiger partial charge is 0.481 e. The van der Waals surface area contributed by atoms with Crippen molar-refractivity contribution in [3.63, 3.8) is 0 Å². The van der Waals surface area contributed by atoms with Gasteiger partial charge in [-0.1, -0.05) is 37.3 Å². The van der Waals surface area contributed by atoms with Crippen molar-refractivity contribution in [2.45, 2.75) is 25.7 Å². The molecule has 98 valence electrons. The third-order valence-corrected chi connectivity index (χ3v) is 3.76. The minimum absolute atomic E-state index is 0.212. The van der Waals surface area contributed by atoms with E-state index >= 15 is 0 Å². The van der Waals surface area contributed by atoms with E-state index in [9.17, 15) is 4.79 Å². The van der Waals surface area contributed by atoms with Crippen LogP contribution in [-0.4, -0.2) is 35.6 Å². The molecule has 0 radical (unpaired) electrons. The molecule has 1 aromatic carbocycles. The number of hydrogen-bond donors (Lipinski definition) is 1. The van der Waals surface area contributed by atoms with E-state index in [0.29, 0.717) is 5.92 Å². The van der Waals surface area contributed by atoms with E-state index in [4.69, 9.17) is 5.11 Å². The summed E-state index contributed by atoms with van der Waals surface area (Å²) in [5, 5.41) is 8.80. The minimum atomic E-state index is -0.680. The van der Waals surface area contributed by atoms with Gasteiger partial charge in [-0.3, -0.25) is 4.79 Å². The van der Waals surface area contributed by atoms with Crippen LogP contribution in [0.1, 0.15) is 31.2 Å². The van der Waals surface area contributed by atoms with E-state index in [0.717, 1.165) is 32.5 Å². The maximum atomic E-state index is 10.7. The third-order valence-electron chi connectivity index (χ3n) is 3.76. The first-order valence-corrected chi connectivity index (χ1v) is 6.67. The topological polar surface area (TPSA) is 40.5 Å². The number of carbonyl (C=O) groups is 1. The van der Waals surface area contributed by atoms with Crippen molar-refractivity contribution in [1.29, 1.82) is 0 Å². The van der Waals surface area contributed by atoms with Crippen molar-refractivity contribution in [2.75, 3.05) is 19.6 Å². The van der Waals surface area contributed by atoms with Gasteiger partial charge < -0.3 is 10.0 Å². The van der Waals surface area contributed by atoms with Gasteiger partial charge in [0.05, 0.1) is 5.92 Å². The van der Waals surface area contributed by atoms with Gasteiger partial charge in [0.15, 0.2) is 0 Å². The van der Waals surface area contributed by atoms with Gasteiger partial charge in [-0.2, -0.15) is 0 Å². The molecule has 3 heteroatoms. The van der Waals surface area contributed by atoms with Crippen molar-refractivity contribution in [1.82, 2.24) is 4.90 Å². The molecule has 0 saturated carbocycles. The predicted octanol–water partition coefficient (Wildman–Crippen LogP) is 2.59. The Morgan fingerprint density at radius 1 is 1.39 bits per heavy atom. The summed E-state index contributed by atoms with van der Waals surface area (Å²) in [7, 11) is 0. The standard InChI is InChI=1S/C15H21NO2/c1-12(15(17)18)6-5-9-16-10-14(11-16)13-7-3-2-4-8-13/h2-4,7-8,12,14H,5-6,9-11H2,1H3,(H,17,18). The van der Waals surface area contributed by atoms with Crippen molar-refractivity contribution < 1.29 is 9.90 Å². The Hall–Kier alpha value is -1.35. The SMILES string of the molecule is CC(CCCN1CC(c2ccccc2)C1)C(=O)O. The summed E-state index contributed by atoms with van der Waals surface area (Å²) in [6.45, 7) is 5.04. The number of benzene rings is 1. The number of carboxylic acid groups (broad SMARTS) is 1. The summed E-state index contributed by atoms with van der Waals surface area (Å²) in [6.07, 6.45) is 1.76. The number of nitrogens with zero attached hydrogens (tertiary/aromatic N) is 1. The van der Waals surface area contributed by atoms with Crippen LogP contribution in [0.25, 0.3) is 0 Å². The third kappa shape index (κ3) is 3.33. The van der Waals surface area contributed by atoms with Crippen molar-refractivity contribution in [3.05, 3.63) is 35.9 Å².